The summed E-state index contributed by atoms with van der Waals surface area (Å²) in [5, 5.41) is 0. The largest absolute Gasteiger partial charge is 0.465 e. The number of hydrogen-bond donors (Lipinski definition) is 0. The summed E-state index contributed by atoms with van der Waals surface area (Å²) in [6.07, 6.45) is 20.9. The van der Waals surface area contributed by atoms with Crippen LogP contribution in [0.2, 0.25) is 0 Å². The first-order valence-corrected chi connectivity index (χ1v) is 8.38. The number of aldehydes is 1. The van der Waals surface area contributed by atoms with Crippen LogP contribution in [0.4, 0.5) is 0 Å². The number of allylic oxidation sites excluding steroid dienone is 2. The van der Waals surface area contributed by atoms with Crippen molar-refractivity contribution in [2.45, 2.75) is 77.6 Å². The lowest BCUT2D eigenvalue weighted by Gasteiger charge is -2.00. The van der Waals surface area contributed by atoms with Crippen LogP contribution in [-0.2, 0) is 14.3 Å². The Hall–Kier alpha value is -1.25. The van der Waals surface area contributed by atoms with Crippen molar-refractivity contribution < 1.29 is 14.3 Å². The van der Waals surface area contributed by atoms with E-state index in [-0.39, 0.29) is 6.79 Å². The van der Waals surface area contributed by atoms with E-state index >= 15 is 0 Å². The molecule has 0 aromatic rings. The molecule has 0 N–H and O–H groups in total. The van der Waals surface area contributed by atoms with Crippen LogP contribution in [0, 0.1) is 0 Å². The first kappa shape index (κ1) is 19.8. The van der Waals surface area contributed by atoms with Gasteiger partial charge in [-0.3, -0.25) is 0 Å². The Kier molecular flexibility index (Phi) is 17.6. The van der Waals surface area contributed by atoms with Crippen molar-refractivity contribution in [2.75, 3.05) is 6.79 Å². The second-order valence-corrected chi connectivity index (χ2v) is 5.20. The zero-order chi connectivity index (χ0) is 15.4. The molecule has 3 nitrogen and oxygen atoms in total. The summed E-state index contributed by atoms with van der Waals surface area (Å²) in [5.41, 5.74) is 0. The quantitative estimate of drug-likeness (QED) is 0.163. The van der Waals surface area contributed by atoms with Crippen LogP contribution in [0.25, 0.3) is 0 Å². The lowest BCUT2D eigenvalue weighted by molar-refractivity contribution is -0.107. The monoisotopic (exact) mass is 296 g/mol. The van der Waals surface area contributed by atoms with Crippen molar-refractivity contribution in [1.82, 2.24) is 0 Å². The van der Waals surface area contributed by atoms with Crippen molar-refractivity contribution in [3.05, 3.63) is 24.7 Å². The topological polar surface area (TPSA) is 35.5 Å². The van der Waals surface area contributed by atoms with Gasteiger partial charge in [0.1, 0.15) is 6.29 Å². The van der Waals surface area contributed by atoms with Crippen LogP contribution >= 0.6 is 0 Å². The van der Waals surface area contributed by atoms with Gasteiger partial charge in [-0.05, 0) is 44.3 Å². The van der Waals surface area contributed by atoms with Crippen molar-refractivity contribution in [3.63, 3.8) is 0 Å². The highest BCUT2D eigenvalue weighted by molar-refractivity contribution is 5.48. The van der Waals surface area contributed by atoms with Gasteiger partial charge in [0.25, 0.3) is 0 Å². The van der Waals surface area contributed by atoms with Crippen molar-refractivity contribution in [1.29, 1.82) is 0 Å². The molecule has 0 radical (unpaired) electrons. The molecule has 3 heteroatoms. The summed E-state index contributed by atoms with van der Waals surface area (Å²) in [4.78, 5) is 10.1. The van der Waals surface area contributed by atoms with Crippen molar-refractivity contribution in [2.24, 2.45) is 0 Å². The lowest BCUT2D eigenvalue weighted by Crippen LogP contribution is -1.88. The minimum Gasteiger partial charge on any atom is -0.465 e. The molecule has 21 heavy (non-hydrogen) atoms. The van der Waals surface area contributed by atoms with E-state index in [1.807, 2.05) is 6.08 Å². The minimum atomic E-state index is 0.272. The molecule has 0 bridgehead atoms. The van der Waals surface area contributed by atoms with Crippen molar-refractivity contribution >= 4 is 6.29 Å². The molecule has 0 aliphatic heterocycles. The third-order valence-corrected chi connectivity index (χ3v) is 3.19. The minimum absolute atomic E-state index is 0.272. The zero-order valence-corrected chi connectivity index (χ0v) is 13.6. The average Bonchev–Trinajstić information content (AvgIpc) is 2.50. The van der Waals surface area contributed by atoms with E-state index in [9.17, 15) is 4.79 Å². The molecule has 0 fully saturated rings. The van der Waals surface area contributed by atoms with Gasteiger partial charge in [0.2, 0.25) is 6.79 Å². The molecule has 0 spiro atoms. The van der Waals surface area contributed by atoms with Crippen LogP contribution in [-0.4, -0.2) is 13.1 Å². The summed E-state index contributed by atoms with van der Waals surface area (Å²) in [6, 6.07) is 0. The standard InChI is InChI=1S/C18H32O3/c1-2-3-4-5-7-10-13-16-20-18-21-17-14-11-8-6-9-12-15-19/h13-17H,2-12,18H2,1H3. The molecule has 0 atom stereocenters. The molecule has 0 aromatic heterocycles. The molecular formula is C18H32O3. The Balaban J connectivity index is 3.14. The van der Waals surface area contributed by atoms with E-state index in [1.54, 1.807) is 12.5 Å². The van der Waals surface area contributed by atoms with Crippen LogP contribution in [0.1, 0.15) is 77.6 Å². The number of rotatable bonds is 16. The van der Waals surface area contributed by atoms with E-state index < -0.39 is 0 Å². The Bertz CT molecular complexity index is 259. The maximum atomic E-state index is 10.1. The highest BCUT2D eigenvalue weighted by Crippen LogP contribution is 2.05. The van der Waals surface area contributed by atoms with E-state index in [0.29, 0.717) is 6.42 Å². The Labute approximate surface area is 130 Å². The number of hydrogen-bond acceptors (Lipinski definition) is 3. The number of carbonyl (C=O) groups excluding carboxylic acids is 1. The van der Waals surface area contributed by atoms with Gasteiger partial charge in [-0.2, -0.15) is 0 Å². The molecular weight excluding hydrogens is 264 g/mol. The van der Waals surface area contributed by atoms with Crippen LogP contribution in [0.15, 0.2) is 24.7 Å². The van der Waals surface area contributed by atoms with Gasteiger partial charge in [0, 0.05) is 6.42 Å². The molecule has 0 aliphatic rings. The first-order valence-electron chi connectivity index (χ1n) is 8.38. The fourth-order valence-electron chi connectivity index (χ4n) is 1.92. The second-order valence-electron chi connectivity index (χ2n) is 5.20. The van der Waals surface area contributed by atoms with Crippen molar-refractivity contribution in [3.8, 4) is 0 Å². The zero-order valence-electron chi connectivity index (χ0n) is 13.6. The predicted molar refractivity (Wildman–Crippen MR) is 87.8 cm³/mol. The maximum Gasteiger partial charge on any atom is 0.229 e. The fraction of sp³-hybridized carbons (Fsp3) is 0.722. The van der Waals surface area contributed by atoms with Gasteiger partial charge in [0.05, 0.1) is 12.5 Å². The maximum absolute atomic E-state index is 10.1. The number of unbranched alkanes of at least 4 members (excludes halogenated alkanes) is 9. The Morgan fingerprint density at radius 1 is 0.714 bits per heavy atom. The lowest BCUT2D eigenvalue weighted by atomic mass is 10.1. The van der Waals surface area contributed by atoms with E-state index in [1.165, 1.54) is 32.1 Å². The summed E-state index contributed by atoms with van der Waals surface area (Å²) in [6.45, 7) is 2.50. The Morgan fingerprint density at radius 3 is 1.81 bits per heavy atom. The summed E-state index contributed by atoms with van der Waals surface area (Å²) < 4.78 is 10.4. The van der Waals surface area contributed by atoms with Crippen LogP contribution < -0.4 is 0 Å². The average molecular weight is 296 g/mol. The number of ether oxygens (including phenoxy) is 2. The third kappa shape index (κ3) is 18.8. The normalized spacial score (nSPS) is 11.3. The predicted octanol–water partition coefficient (Wildman–Crippen LogP) is 5.51. The smallest absolute Gasteiger partial charge is 0.229 e. The second kappa shape index (κ2) is 18.8. The highest BCUT2D eigenvalue weighted by atomic mass is 16.7. The molecule has 0 rings (SSSR count). The molecule has 0 heterocycles. The third-order valence-electron chi connectivity index (χ3n) is 3.19. The van der Waals surface area contributed by atoms with Crippen LogP contribution in [0.5, 0.6) is 0 Å². The molecule has 0 saturated carbocycles. The molecule has 0 aromatic carbocycles. The summed E-state index contributed by atoms with van der Waals surface area (Å²) in [5.74, 6) is 0. The van der Waals surface area contributed by atoms with Gasteiger partial charge in [-0.1, -0.05) is 39.0 Å². The van der Waals surface area contributed by atoms with Gasteiger partial charge >= 0.3 is 0 Å². The molecule has 0 aliphatic carbocycles. The first-order chi connectivity index (χ1) is 10.4. The molecule has 0 saturated heterocycles. The van der Waals surface area contributed by atoms with Gasteiger partial charge < -0.3 is 14.3 Å². The number of carbonyl (C=O) groups is 1. The Morgan fingerprint density at radius 2 is 1.24 bits per heavy atom. The van der Waals surface area contributed by atoms with Gasteiger partial charge in [-0.15, -0.1) is 0 Å². The SMILES string of the molecule is CCCCCCCC=COCOC=CCCCCCC=O. The van der Waals surface area contributed by atoms with Gasteiger partial charge in [-0.25, -0.2) is 0 Å². The van der Waals surface area contributed by atoms with E-state index in [2.05, 4.69) is 13.0 Å². The van der Waals surface area contributed by atoms with Gasteiger partial charge in [0.15, 0.2) is 0 Å². The highest BCUT2D eigenvalue weighted by Gasteiger charge is 1.87. The molecule has 0 unspecified atom stereocenters. The summed E-state index contributed by atoms with van der Waals surface area (Å²) in [7, 11) is 0. The van der Waals surface area contributed by atoms with E-state index in [0.717, 1.165) is 38.4 Å². The van der Waals surface area contributed by atoms with E-state index in [4.69, 9.17) is 9.47 Å². The fourth-order valence-corrected chi connectivity index (χ4v) is 1.92. The summed E-state index contributed by atoms with van der Waals surface area (Å²) >= 11 is 0. The molecule has 122 valence electrons. The molecule has 0 amide bonds. The van der Waals surface area contributed by atoms with Crippen LogP contribution in [0.3, 0.4) is 0 Å².